The lowest BCUT2D eigenvalue weighted by Crippen LogP contribution is -1.93. The van der Waals surface area contributed by atoms with Gasteiger partial charge in [0.25, 0.3) is 5.71 Å². The summed E-state index contributed by atoms with van der Waals surface area (Å²) in [5.41, 5.74) is 13.7. The SMILES string of the molecule is COc1ccc(-c2cc(N)nc3onc(N)c23)cc1. The molecule has 6 heteroatoms. The molecule has 0 radical (unpaired) electrons. The fourth-order valence-electron chi connectivity index (χ4n) is 1.99. The van der Waals surface area contributed by atoms with E-state index in [-0.39, 0.29) is 0 Å². The normalized spacial score (nSPS) is 10.8. The number of hydrogen-bond donors (Lipinski definition) is 2. The van der Waals surface area contributed by atoms with E-state index >= 15 is 0 Å². The number of aromatic nitrogens is 2. The Hall–Kier alpha value is -2.76. The van der Waals surface area contributed by atoms with Crippen LogP contribution in [-0.4, -0.2) is 17.3 Å². The Morgan fingerprint density at radius 2 is 1.89 bits per heavy atom. The van der Waals surface area contributed by atoms with Crippen LogP contribution in [0.5, 0.6) is 5.75 Å². The summed E-state index contributed by atoms with van der Waals surface area (Å²) in [5.74, 6) is 1.43. The van der Waals surface area contributed by atoms with E-state index in [0.717, 1.165) is 16.9 Å². The van der Waals surface area contributed by atoms with Crippen LogP contribution < -0.4 is 16.2 Å². The Balaban J connectivity index is 2.25. The Morgan fingerprint density at radius 1 is 1.16 bits per heavy atom. The van der Waals surface area contributed by atoms with Crippen LogP contribution in [0.25, 0.3) is 22.2 Å². The highest BCUT2D eigenvalue weighted by Crippen LogP contribution is 2.33. The molecule has 0 bridgehead atoms. The summed E-state index contributed by atoms with van der Waals surface area (Å²) in [5, 5.41) is 4.38. The van der Waals surface area contributed by atoms with Gasteiger partial charge in [-0.3, -0.25) is 0 Å². The fraction of sp³-hybridized carbons (Fsp3) is 0.0769. The quantitative estimate of drug-likeness (QED) is 0.727. The van der Waals surface area contributed by atoms with Crippen LogP contribution in [0.2, 0.25) is 0 Å². The molecule has 0 unspecified atom stereocenters. The summed E-state index contributed by atoms with van der Waals surface area (Å²) >= 11 is 0. The van der Waals surface area contributed by atoms with Crippen LogP contribution in [0.4, 0.5) is 11.6 Å². The molecule has 96 valence electrons. The van der Waals surface area contributed by atoms with Crippen LogP contribution in [0, 0.1) is 0 Å². The molecule has 1 aromatic carbocycles. The van der Waals surface area contributed by atoms with E-state index < -0.39 is 0 Å². The second kappa shape index (κ2) is 4.16. The Bertz CT molecular complexity index is 734. The summed E-state index contributed by atoms with van der Waals surface area (Å²) in [4.78, 5) is 4.06. The molecule has 3 rings (SSSR count). The number of pyridine rings is 1. The molecular formula is C13H12N4O2. The van der Waals surface area contributed by atoms with Crippen molar-refractivity contribution in [3.63, 3.8) is 0 Å². The van der Waals surface area contributed by atoms with Crippen LogP contribution in [0.15, 0.2) is 34.9 Å². The standard InChI is InChI=1S/C13H12N4O2/c1-18-8-4-2-7(3-5-8)9-6-10(14)16-13-11(9)12(15)17-19-13/h2-6H,1H3,(H2,14,16)(H2,15,17). The first kappa shape index (κ1) is 11.3. The van der Waals surface area contributed by atoms with Gasteiger partial charge in [-0.1, -0.05) is 17.3 Å². The minimum absolute atomic E-state index is 0.299. The maximum Gasteiger partial charge on any atom is 0.262 e. The Morgan fingerprint density at radius 3 is 2.58 bits per heavy atom. The van der Waals surface area contributed by atoms with Gasteiger partial charge in [0.15, 0.2) is 5.82 Å². The van der Waals surface area contributed by atoms with Gasteiger partial charge in [-0.2, -0.15) is 4.98 Å². The van der Waals surface area contributed by atoms with Crippen molar-refractivity contribution in [1.82, 2.24) is 10.1 Å². The molecule has 0 atom stereocenters. The average Bonchev–Trinajstić information content (AvgIpc) is 2.79. The number of benzene rings is 1. The van der Waals surface area contributed by atoms with Gasteiger partial charge in [0.05, 0.1) is 12.5 Å². The predicted octanol–water partition coefficient (Wildman–Crippen LogP) is 2.06. The molecule has 0 spiro atoms. The van der Waals surface area contributed by atoms with Gasteiger partial charge >= 0.3 is 0 Å². The highest BCUT2D eigenvalue weighted by molar-refractivity contribution is 5.99. The van der Waals surface area contributed by atoms with E-state index in [1.807, 2.05) is 24.3 Å². The van der Waals surface area contributed by atoms with Crippen molar-refractivity contribution in [2.24, 2.45) is 0 Å². The smallest absolute Gasteiger partial charge is 0.262 e. The fourth-order valence-corrected chi connectivity index (χ4v) is 1.99. The summed E-state index contributed by atoms with van der Waals surface area (Å²) in [6, 6.07) is 9.31. The van der Waals surface area contributed by atoms with Gasteiger partial charge < -0.3 is 20.7 Å². The zero-order valence-corrected chi connectivity index (χ0v) is 10.3. The first-order chi connectivity index (χ1) is 9.19. The number of nitrogens with zero attached hydrogens (tertiary/aromatic N) is 2. The second-order valence-electron chi connectivity index (χ2n) is 4.07. The molecule has 2 heterocycles. The van der Waals surface area contributed by atoms with Gasteiger partial charge in [-0.15, -0.1) is 0 Å². The highest BCUT2D eigenvalue weighted by Gasteiger charge is 2.14. The summed E-state index contributed by atoms with van der Waals surface area (Å²) in [6.07, 6.45) is 0. The molecule has 0 saturated heterocycles. The lowest BCUT2D eigenvalue weighted by molar-refractivity contribution is 0.415. The molecule has 0 aliphatic rings. The average molecular weight is 256 g/mol. The van der Waals surface area contributed by atoms with E-state index in [0.29, 0.717) is 22.7 Å². The van der Waals surface area contributed by atoms with E-state index in [1.54, 1.807) is 13.2 Å². The van der Waals surface area contributed by atoms with Crippen molar-refractivity contribution in [3.8, 4) is 16.9 Å². The minimum Gasteiger partial charge on any atom is -0.497 e. The number of rotatable bonds is 2. The van der Waals surface area contributed by atoms with Crippen LogP contribution in [0.3, 0.4) is 0 Å². The molecule has 6 nitrogen and oxygen atoms in total. The van der Waals surface area contributed by atoms with E-state index in [2.05, 4.69) is 10.1 Å². The Kier molecular flexibility index (Phi) is 2.49. The number of nitrogens with two attached hydrogens (primary N) is 2. The van der Waals surface area contributed by atoms with Crippen molar-refractivity contribution >= 4 is 22.7 Å². The van der Waals surface area contributed by atoms with Crippen molar-refractivity contribution in [1.29, 1.82) is 0 Å². The van der Waals surface area contributed by atoms with Crippen molar-refractivity contribution in [2.45, 2.75) is 0 Å². The van der Waals surface area contributed by atoms with Crippen molar-refractivity contribution in [2.75, 3.05) is 18.6 Å². The molecule has 0 fully saturated rings. The van der Waals surface area contributed by atoms with Gasteiger partial charge in [0.2, 0.25) is 0 Å². The Labute approximate surface area is 109 Å². The third kappa shape index (κ3) is 1.83. The molecule has 0 amide bonds. The zero-order valence-electron chi connectivity index (χ0n) is 10.3. The molecule has 19 heavy (non-hydrogen) atoms. The third-order valence-electron chi connectivity index (χ3n) is 2.89. The van der Waals surface area contributed by atoms with E-state index in [9.17, 15) is 0 Å². The number of fused-ring (bicyclic) bond motifs is 1. The van der Waals surface area contributed by atoms with Crippen LogP contribution in [0.1, 0.15) is 0 Å². The van der Waals surface area contributed by atoms with Gasteiger partial charge in [0.1, 0.15) is 11.6 Å². The lowest BCUT2D eigenvalue weighted by Gasteiger charge is -2.05. The van der Waals surface area contributed by atoms with Gasteiger partial charge in [0, 0.05) is 5.56 Å². The molecule has 2 aromatic heterocycles. The molecule has 0 saturated carbocycles. The third-order valence-corrected chi connectivity index (χ3v) is 2.89. The predicted molar refractivity (Wildman–Crippen MR) is 72.6 cm³/mol. The van der Waals surface area contributed by atoms with Gasteiger partial charge in [-0.25, -0.2) is 0 Å². The highest BCUT2D eigenvalue weighted by atomic mass is 16.5. The largest absolute Gasteiger partial charge is 0.497 e. The topological polar surface area (TPSA) is 100 Å². The summed E-state index contributed by atoms with van der Waals surface area (Å²) < 4.78 is 10.2. The van der Waals surface area contributed by atoms with E-state index in [1.165, 1.54) is 0 Å². The number of methoxy groups -OCH3 is 1. The number of nitrogen functional groups attached to an aromatic ring is 2. The number of ether oxygens (including phenoxy) is 1. The number of anilines is 2. The second-order valence-corrected chi connectivity index (χ2v) is 4.07. The first-order valence-electron chi connectivity index (χ1n) is 5.65. The van der Waals surface area contributed by atoms with Gasteiger partial charge in [-0.05, 0) is 23.8 Å². The number of hydrogen-bond acceptors (Lipinski definition) is 6. The summed E-state index contributed by atoms with van der Waals surface area (Å²) in [6.45, 7) is 0. The maximum atomic E-state index is 5.81. The monoisotopic (exact) mass is 256 g/mol. The molecule has 0 aliphatic heterocycles. The zero-order chi connectivity index (χ0) is 13.4. The maximum absolute atomic E-state index is 5.81. The van der Waals surface area contributed by atoms with Crippen molar-refractivity contribution in [3.05, 3.63) is 30.3 Å². The van der Waals surface area contributed by atoms with Crippen LogP contribution in [-0.2, 0) is 0 Å². The van der Waals surface area contributed by atoms with Crippen molar-refractivity contribution < 1.29 is 9.26 Å². The molecule has 4 N–H and O–H groups in total. The summed E-state index contributed by atoms with van der Waals surface area (Å²) in [7, 11) is 1.62. The molecule has 0 aliphatic carbocycles. The minimum atomic E-state index is 0.299. The lowest BCUT2D eigenvalue weighted by atomic mass is 10.0. The molecular weight excluding hydrogens is 244 g/mol. The first-order valence-corrected chi connectivity index (χ1v) is 5.65. The van der Waals surface area contributed by atoms with E-state index in [4.69, 9.17) is 20.7 Å². The van der Waals surface area contributed by atoms with Crippen LogP contribution >= 0.6 is 0 Å². The molecule has 3 aromatic rings.